The topological polar surface area (TPSA) is 30.5 Å². The van der Waals surface area contributed by atoms with Gasteiger partial charge in [-0.2, -0.15) is 0 Å². The summed E-state index contributed by atoms with van der Waals surface area (Å²) in [4.78, 5) is 0. The molecule has 1 aliphatic heterocycles. The lowest BCUT2D eigenvalue weighted by Gasteiger charge is -2.43. The van der Waals surface area contributed by atoms with Crippen molar-refractivity contribution in [3.63, 3.8) is 0 Å². The first kappa shape index (κ1) is 15.5. The number of hydrogen-bond donors (Lipinski definition) is 1. The molecular weight excluding hydrogens is 250 g/mol. The summed E-state index contributed by atoms with van der Waals surface area (Å²) in [6.07, 6.45) is 3.01. The Kier molecular flexibility index (Phi) is 5.58. The molecule has 1 heterocycles. The predicted molar refractivity (Wildman–Crippen MR) is 82.0 cm³/mol. The van der Waals surface area contributed by atoms with E-state index in [1.54, 1.807) is 0 Å². The van der Waals surface area contributed by atoms with Crippen LogP contribution < -0.4 is 5.32 Å². The normalized spacial score (nSPS) is 19.8. The van der Waals surface area contributed by atoms with Gasteiger partial charge in [0.2, 0.25) is 0 Å². The average molecular weight is 277 g/mol. The molecular formula is C17H27NO2. The lowest BCUT2D eigenvalue weighted by atomic mass is 9.81. The van der Waals surface area contributed by atoms with Gasteiger partial charge in [0.05, 0.1) is 11.6 Å². The van der Waals surface area contributed by atoms with E-state index in [0.29, 0.717) is 0 Å². The highest BCUT2D eigenvalue weighted by molar-refractivity contribution is 5.27. The Balaban J connectivity index is 2.27. The SMILES string of the molecule is CCCNC(c1ccc(C)cc1)C1(OC)CCOCC1. The quantitative estimate of drug-likeness (QED) is 0.866. The molecule has 0 radical (unpaired) electrons. The number of methoxy groups -OCH3 is 1. The summed E-state index contributed by atoms with van der Waals surface area (Å²) < 4.78 is 11.5. The Morgan fingerprint density at radius 2 is 1.90 bits per heavy atom. The maximum Gasteiger partial charge on any atom is 0.0916 e. The summed E-state index contributed by atoms with van der Waals surface area (Å²) in [6, 6.07) is 9.03. The Morgan fingerprint density at radius 3 is 2.45 bits per heavy atom. The molecule has 0 bridgehead atoms. The number of rotatable bonds is 6. The molecule has 3 nitrogen and oxygen atoms in total. The van der Waals surface area contributed by atoms with E-state index >= 15 is 0 Å². The molecule has 1 saturated heterocycles. The minimum absolute atomic E-state index is 0.150. The van der Waals surface area contributed by atoms with Crippen LogP contribution in [0, 0.1) is 6.92 Å². The fraction of sp³-hybridized carbons (Fsp3) is 0.647. The van der Waals surface area contributed by atoms with Gasteiger partial charge in [0.25, 0.3) is 0 Å². The summed E-state index contributed by atoms with van der Waals surface area (Å²) in [5.41, 5.74) is 2.46. The Bertz CT molecular complexity index is 396. The van der Waals surface area contributed by atoms with Crippen molar-refractivity contribution in [2.75, 3.05) is 26.9 Å². The number of nitrogens with one attached hydrogen (secondary N) is 1. The zero-order valence-corrected chi connectivity index (χ0v) is 12.9. The highest BCUT2D eigenvalue weighted by Crippen LogP contribution is 2.37. The van der Waals surface area contributed by atoms with Crippen molar-refractivity contribution < 1.29 is 9.47 Å². The van der Waals surface area contributed by atoms with Gasteiger partial charge in [-0.25, -0.2) is 0 Å². The molecule has 0 aliphatic carbocycles. The highest BCUT2D eigenvalue weighted by atomic mass is 16.5. The molecule has 1 fully saturated rings. The van der Waals surface area contributed by atoms with Gasteiger partial charge in [-0.1, -0.05) is 36.8 Å². The minimum Gasteiger partial charge on any atom is -0.381 e. The summed E-state index contributed by atoms with van der Waals surface area (Å²) in [5, 5.41) is 3.69. The second-order valence-corrected chi connectivity index (χ2v) is 5.68. The molecule has 1 aromatic carbocycles. The van der Waals surface area contributed by atoms with Crippen LogP contribution in [0.5, 0.6) is 0 Å². The van der Waals surface area contributed by atoms with E-state index in [-0.39, 0.29) is 11.6 Å². The van der Waals surface area contributed by atoms with Crippen molar-refractivity contribution >= 4 is 0 Å². The molecule has 1 aliphatic rings. The molecule has 0 amide bonds. The molecule has 0 spiro atoms. The summed E-state index contributed by atoms with van der Waals surface area (Å²) >= 11 is 0. The first-order valence-corrected chi connectivity index (χ1v) is 7.64. The standard InChI is InChI=1S/C17H27NO2/c1-4-11-18-16(15-7-5-14(2)6-8-15)17(19-3)9-12-20-13-10-17/h5-8,16,18H,4,9-13H2,1-3H3. The highest BCUT2D eigenvalue weighted by Gasteiger charge is 2.41. The number of aryl methyl sites for hydroxylation is 1. The van der Waals surface area contributed by atoms with E-state index in [2.05, 4.69) is 43.4 Å². The summed E-state index contributed by atoms with van der Waals surface area (Å²) in [7, 11) is 1.83. The molecule has 0 saturated carbocycles. The van der Waals surface area contributed by atoms with Crippen molar-refractivity contribution in [1.82, 2.24) is 5.32 Å². The minimum atomic E-state index is -0.150. The van der Waals surface area contributed by atoms with Crippen molar-refractivity contribution in [2.24, 2.45) is 0 Å². The molecule has 3 heteroatoms. The zero-order chi connectivity index (χ0) is 14.4. The van der Waals surface area contributed by atoms with E-state index in [4.69, 9.17) is 9.47 Å². The third-order valence-electron chi connectivity index (χ3n) is 4.28. The van der Waals surface area contributed by atoms with E-state index in [1.807, 2.05) is 7.11 Å². The number of ether oxygens (including phenoxy) is 2. The summed E-state index contributed by atoms with van der Waals surface area (Å²) in [5.74, 6) is 0. The van der Waals surface area contributed by atoms with Gasteiger partial charge in [-0.15, -0.1) is 0 Å². The lowest BCUT2D eigenvalue weighted by molar-refractivity contribution is -0.111. The predicted octanol–water partition coefficient (Wildman–Crippen LogP) is 3.23. The van der Waals surface area contributed by atoms with Crippen LogP contribution in [0.1, 0.15) is 43.4 Å². The van der Waals surface area contributed by atoms with E-state index in [9.17, 15) is 0 Å². The second kappa shape index (κ2) is 7.21. The Morgan fingerprint density at radius 1 is 1.25 bits per heavy atom. The van der Waals surface area contributed by atoms with Gasteiger partial charge in [-0.3, -0.25) is 0 Å². The van der Waals surface area contributed by atoms with Crippen LogP contribution in [0.2, 0.25) is 0 Å². The van der Waals surface area contributed by atoms with E-state index < -0.39 is 0 Å². The molecule has 1 N–H and O–H groups in total. The average Bonchev–Trinajstić information content (AvgIpc) is 2.50. The molecule has 1 atom stereocenters. The second-order valence-electron chi connectivity index (χ2n) is 5.68. The smallest absolute Gasteiger partial charge is 0.0916 e. The van der Waals surface area contributed by atoms with Crippen LogP contribution >= 0.6 is 0 Å². The molecule has 1 aromatic rings. The van der Waals surface area contributed by atoms with E-state index in [0.717, 1.165) is 39.0 Å². The van der Waals surface area contributed by atoms with Crippen LogP contribution in [-0.4, -0.2) is 32.5 Å². The molecule has 20 heavy (non-hydrogen) atoms. The van der Waals surface area contributed by atoms with Gasteiger partial charge in [0.15, 0.2) is 0 Å². The zero-order valence-electron chi connectivity index (χ0n) is 12.9. The Labute approximate surface area is 122 Å². The fourth-order valence-corrected chi connectivity index (χ4v) is 2.98. The van der Waals surface area contributed by atoms with Crippen LogP contribution in [0.25, 0.3) is 0 Å². The molecule has 1 unspecified atom stereocenters. The van der Waals surface area contributed by atoms with Crippen molar-refractivity contribution in [3.8, 4) is 0 Å². The van der Waals surface area contributed by atoms with Crippen LogP contribution in [0.3, 0.4) is 0 Å². The van der Waals surface area contributed by atoms with Gasteiger partial charge in [0.1, 0.15) is 0 Å². The first-order chi connectivity index (χ1) is 9.72. The van der Waals surface area contributed by atoms with Crippen LogP contribution in [0.15, 0.2) is 24.3 Å². The Hall–Kier alpha value is -0.900. The van der Waals surface area contributed by atoms with Gasteiger partial charge >= 0.3 is 0 Å². The largest absolute Gasteiger partial charge is 0.381 e. The maximum absolute atomic E-state index is 5.98. The fourth-order valence-electron chi connectivity index (χ4n) is 2.98. The molecule has 112 valence electrons. The molecule has 0 aromatic heterocycles. The monoisotopic (exact) mass is 277 g/mol. The van der Waals surface area contributed by atoms with Crippen LogP contribution in [0.4, 0.5) is 0 Å². The van der Waals surface area contributed by atoms with Crippen molar-refractivity contribution in [3.05, 3.63) is 35.4 Å². The third kappa shape index (κ3) is 3.40. The van der Waals surface area contributed by atoms with Gasteiger partial charge in [0, 0.05) is 33.2 Å². The third-order valence-corrected chi connectivity index (χ3v) is 4.28. The van der Waals surface area contributed by atoms with Gasteiger partial charge in [-0.05, 0) is 25.5 Å². The lowest BCUT2D eigenvalue weighted by Crippen LogP contribution is -2.49. The van der Waals surface area contributed by atoms with E-state index in [1.165, 1.54) is 11.1 Å². The summed E-state index contributed by atoms with van der Waals surface area (Å²) in [6.45, 7) is 6.89. The van der Waals surface area contributed by atoms with Gasteiger partial charge < -0.3 is 14.8 Å². The number of hydrogen-bond acceptors (Lipinski definition) is 3. The molecule has 2 rings (SSSR count). The van der Waals surface area contributed by atoms with Crippen molar-refractivity contribution in [2.45, 2.75) is 44.8 Å². The maximum atomic E-state index is 5.98. The first-order valence-electron chi connectivity index (χ1n) is 7.64. The number of benzene rings is 1. The van der Waals surface area contributed by atoms with Crippen LogP contribution in [-0.2, 0) is 9.47 Å². The van der Waals surface area contributed by atoms with Crippen molar-refractivity contribution in [1.29, 1.82) is 0 Å².